The first kappa shape index (κ1) is 25.7. The number of ether oxygens (including phenoxy) is 2. The SMILES string of the molecule is COC(=O)[C@H](Cc1ccc(O)cc1)NC(=O)[C@@H](CCc1ccccc1)NC(=O)OC(C)(C)C. The Bertz CT molecular complexity index is 922. The van der Waals surface area contributed by atoms with Gasteiger partial charge in [0, 0.05) is 6.42 Å². The molecule has 178 valence electrons. The largest absolute Gasteiger partial charge is 0.508 e. The number of methoxy groups -OCH3 is 1. The summed E-state index contributed by atoms with van der Waals surface area (Å²) < 4.78 is 10.2. The van der Waals surface area contributed by atoms with Crippen LogP contribution in [0.4, 0.5) is 4.79 Å². The average Bonchev–Trinajstić information content (AvgIpc) is 2.76. The molecule has 0 heterocycles. The fourth-order valence-electron chi connectivity index (χ4n) is 3.15. The lowest BCUT2D eigenvalue weighted by atomic mass is 10.0. The molecule has 0 aromatic heterocycles. The smallest absolute Gasteiger partial charge is 0.408 e. The number of aryl methyl sites for hydroxylation is 1. The molecule has 0 saturated heterocycles. The van der Waals surface area contributed by atoms with E-state index >= 15 is 0 Å². The van der Waals surface area contributed by atoms with Gasteiger partial charge in [-0.15, -0.1) is 0 Å². The van der Waals surface area contributed by atoms with Gasteiger partial charge in [-0.2, -0.15) is 0 Å². The number of amides is 2. The number of carbonyl (C=O) groups is 3. The second kappa shape index (κ2) is 11.9. The molecule has 0 saturated carbocycles. The molecule has 3 N–H and O–H groups in total. The second-order valence-corrected chi connectivity index (χ2v) is 8.68. The number of nitrogens with one attached hydrogen (secondary N) is 2. The summed E-state index contributed by atoms with van der Waals surface area (Å²) in [7, 11) is 1.24. The van der Waals surface area contributed by atoms with Crippen molar-refractivity contribution >= 4 is 18.0 Å². The molecule has 0 aliphatic rings. The topological polar surface area (TPSA) is 114 Å². The summed E-state index contributed by atoms with van der Waals surface area (Å²) in [5, 5.41) is 14.8. The summed E-state index contributed by atoms with van der Waals surface area (Å²) in [6.07, 6.45) is 0.290. The summed E-state index contributed by atoms with van der Waals surface area (Å²) >= 11 is 0. The van der Waals surface area contributed by atoms with E-state index in [4.69, 9.17) is 9.47 Å². The number of hydrogen-bond acceptors (Lipinski definition) is 6. The van der Waals surface area contributed by atoms with Crippen LogP contribution in [0.1, 0.15) is 38.3 Å². The molecule has 0 fully saturated rings. The standard InChI is InChI=1S/C25H32N2O6/c1-25(2,3)33-24(31)27-20(15-12-17-8-6-5-7-9-17)22(29)26-21(23(30)32-4)16-18-10-13-19(28)14-11-18/h5-11,13-14,20-21,28H,12,15-16H2,1-4H3,(H,26,29)(H,27,31)/t20-,21+/m1/s1. The van der Waals surface area contributed by atoms with Crippen LogP contribution in [0, 0.1) is 0 Å². The average molecular weight is 457 g/mol. The molecule has 2 aromatic carbocycles. The van der Waals surface area contributed by atoms with E-state index in [-0.39, 0.29) is 12.2 Å². The zero-order valence-electron chi connectivity index (χ0n) is 19.5. The van der Waals surface area contributed by atoms with Gasteiger partial charge in [0.1, 0.15) is 23.4 Å². The number of aromatic hydroxyl groups is 1. The number of benzene rings is 2. The molecule has 2 rings (SSSR count). The van der Waals surface area contributed by atoms with Crippen molar-refractivity contribution < 1.29 is 29.0 Å². The number of esters is 1. The van der Waals surface area contributed by atoms with E-state index in [9.17, 15) is 19.5 Å². The first-order valence-corrected chi connectivity index (χ1v) is 10.8. The number of alkyl carbamates (subject to hydrolysis) is 1. The lowest BCUT2D eigenvalue weighted by Crippen LogP contribution is -2.53. The molecule has 0 aliphatic carbocycles. The minimum absolute atomic E-state index is 0.0972. The third kappa shape index (κ3) is 9.22. The van der Waals surface area contributed by atoms with Gasteiger partial charge in [0.05, 0.1) is 7.11 Å². The van der Waals surface area contributed by atoms with Gasteiger partial charge in [-0.25, -0.2) is 9.59 Å². The van der Waals surface area contributed by atoms with Crippen LogP contribution in [0.2, 0.25) is 0 Å². The lowest BCUT2D eigenvalue weighted by molar-refractivity contribution is -0.145. The van der Waals surface area contributed by atoms with Crippen molar-refractivity contribution in [2.75, 3.05) is 7.11 Å². The maximum atomic E-state index is 13.1. The summed E-state index contributed by atoms with van der Waals surface area (Å²) in [5.74, 6) is -1.04. The molecule has 33 heavy (non-hydrogen) atoms. The quantitative estimate of drug-likeness (QED) is 0.500. The van der Waals surface area contributed by atoms with Crippen LogP contribution in [0.3, 0.4) is 0 Å². The zero-order valence-corrected chi connectivity index (χ0v) is 19.5. The first-order chi connectivity index (χ1) is 15.6. The van der Waals surface area contributed by atoms with E-state index < -0.39 is 35.7 Å². The molecular formula is C25H32N2O6. The number of hydrogen-bond donors (Lipinski definition) is 3. The lowest BCUT2D eigenvalue weighted by Gasteiger charge is -2.25. The molecule has 2 amide bonds. The minimum Gasteiger partial charge on any atom is -0.508 e. The summed E-state index contributed by atoms with van der Waals surface area (Å²) in [5.41, 5.74) is 1.01. The molecule has 8 heteroatoms. The second-order valence-electron chi connectivity index (χ2n) is 8.68. The van der Waals surface area contributed by atoms with Gasteiger partial charge in [0.15, 0.2) is 0 Å². The maximum absolute atomic E-state index is 13.1. The normalized spacial score (nSPS) is 12.8. The van der Waals surface area contributed by atoms with Gasteiger partial charge in [0.2, 0.25) is 5.91 Å². The van der Waals surface area contributed by atoms with E-state index in [0.717, 1.165) is 11.1 Å². The third-order valence-electron chi connectivity index (χ3n) is 4.75. The summed E-state index contributed by atoms with van der Waals surface area (Å²) in [6.45, 7) is 5.20. The Labute approximate surface area is 194 Å². The molecule has 0 unspecified atom stereocenters. The Morgan fingerprint density at radius 2 is 1.55 bits per heavy atom. The molecule has 0 aliphatic heterocycles. The highest BCUT2D eigenvalue weighted by atomic mass is 16.6. The maximum Gasteiger partial charge on any atom is 0.408 e. The fourth-order valence-corrected chi connectivity index (χ4v) is 3.15. The minimum atomic E-state index is -0.966. The summed E-state index contributed by atoms with van der Waals surface area (Å²) in [6, 6.07) is 14.0. The van der Waals surface area contributed by atoms with E-state index in [1.54, 1.807) is 32.9 Å². The van der Waals surface area contributed by atoms with E-state index in [1.807, 2.05) is 30.3 Å². The van der Waals surface area contributed by atoms with Crippen LogP contribution < -0.4 is 10.6 Å². The van der Waals surface area contributed by atoms with Crippen molar-refractivity contribution in [2.24, 2.45) is 0 Å². The Hall–Kier alpha value is -3.55. The molecule has 0 radical (unpaired) electrons. The van der Waals surface area contributed by atoms with Crippen LogP contribution in [0.5, 0.6) is 5.75 Å². The van der Waals surface area contributed by atoms with Gasteiger partial charge >= 0.3 is 12.1 Å². The van der Waals surface area contributed by atoms with Crippen molar-refractivity contribution in [1.82, 2.24) is 10.6 Å². The van der Waals surface area contributed by atoms with E-state index in [1.165, 1.54) is 19.2 Å². The van der Waals surface area contributed by atoms with Crippen molar-refractivity contribution in [1.29, 1.82) is 0 Å². The summed E-state index contributed by atoms with van der Waals surface area (Å²) in [4.78, 5) is 37.8. The molecule has 0 spiro atoms. The van der Waals surface area contributed by atoms with Gasteiger partial charge in [-0.05, 0) is 56.9 Å². The fraction of sp³-hybridized carbons (Fsp3) is 0.400. The van der Waals surface area contributed by atoms with Crippen LogP contribution in [0.25, 0.3) is 0 Å². The van der Waals surface area contributed by atoms with Gasteiger partial charge in [0.25, 0.3) is 0 Å². The monoisotopic (exact) mass is 456 g/mol. The van der Waals surface area contributed by atoms with Gasteiger partial charge in [-0.1, -0.05) is 42.5 Å². The van der Waals surface area contributed by atoms with Crippen molar-refractivity contribution in [3.63, 3.8) is 0 Å². The van der Waals surface area contributed by atoms with Crippen molar-refractivity contribution in [3.8, 4) is 5.75 Å². The van der Waals surface area contributed by atoms with Crippen molar-refractivity contribution in [2.45, 2.75) is 57.7 Å². The molecule has 8 nitrogen and oxygen atoms in total. The predicted octanol–water partition coefficient (Wildman–Crippen LogP) is 3.12. The van der Waals surface area contributed by atoms with Crippen LogP contribution in [-0.2, 0) is 31.9 Å². The Morgan fingerprint density at radius 3 is 2.12 bits per heavy atom. The van der Waals surface area contributed by atoms with Crippen LogP contribution in [0.15, 0.2) is 54.6 Å². The van der Waals surface area contributed by atoms with E-state index in [2.05, 4.69) is 10.6 Å². The van der Waals surface area contributed by atoms with E-state index in [0.29, 0.717) is 12.8 Å². The molecular weight excluding hydrogens is 424 g/mol. The van der Waals surface area contributed by atoms with Crippen LogP contribution in [-0.4, -0.2) is 47.9 Å². The first-order valence-electron chi connectivity index (χ1n) is 10.8. The Kier molecular flexibility index (Phi) is 9.27. The van der Waals surface area contributed by atoms with Gasteiger partial charge < -0.3 is 25.2 Å². The Morgan fingerprint density at radius 1 is 0.909 bits per heavy atom. The molecule has 2 aromatic rings. The van der Waals surface area contributed by atoms with Crippen LogP contribution >= 0.6 is 0 Å². The Balaban J connectivity index is 2.14. The number of rotatable bonds is 9. The zero-order chi connectivity index (χ0) is 24.4. The number of carbonyl (C=O) groups excluding carboxylic acids is 3. The number of phenolic OH excluding ortho intramolecular Hbond substituents is 1. The highest BCUT2D eigenvalue weighted by Crippen LogP contribution is 2.13. The third-order valence-corrected chi connectivity index (χ3v) is 4.75. The highest BCUT2D eigenvalue weighted by Gasteiger charge is 2.29. The molecule has 0 bridgehead atoms. The number of phenols is 1. The van der Waals surface area contributed by atoms with Gasteiger partial charge in [-0.3, -0.25) is 4.79 Å². The predicted molar refractivity (Wildman–Crippen MR) is 124 cm³/mol. The van der Waals surface area contributed by atoms with Crippen molar-refractivity contribution in [3.05, 3.63) is 65.7 Å². The highest BCUT2D eigenvalue weighted by molar-refractivity contribution is 5.89. The molecule has 2 atom stereocenters.